The highest BCUT2D eigenvalue weighted by molar-refractivity contribution is 6.33. The molecule has 1 aliphatic rings. The number of benzene rings is 2. The number of likely N-dealkylation sites (tertiary alicyclic amines) is 1. The smallest absolute Gasteiger partial charge is 0.339 e. The maximum Gasteiger partial charge on any atom is 0.449 e. The van der Waals surface area contributed by atoms with Gasteiger partial charge >= 0.3 is 6.18 Å². The van der Waals surface area contributed by atoms with Gasteiger partial charge in [0.25, 0.3) is 5.91 Å². The maximum atomic E-state index is 13.5. The third-order valence-corrected chi connectivity index (χ3v) is 5.72. The lowest BCUT2D eigenvalue weighted by molar-refractivity contribution is -0.147. The number of amides is 1. The van der Waals surface area contributed by atoms with Gasteiger partial charge in [0.1, 0.15) is 5.82 Å². The van der Waals surface area contributed by atoms with Crippen LogP contribution >= 0.6 is 11.6 Å². The van der Waals surface area contributed by atoms with Crippen molar-refractivity contribution in [3.63, 3.8) is 0 Å². The van der Waals surface area contributed by atoms with Crippen LogP contribution in [0, 0.1) is 11.7 Å². The van der Waals surface area contributed by atoms with Crippen molar-refractivity contribution in [2.45, 2.75) is 25.6 Å². The van der Waals surface area contributed by atoms with E-state index in [0.29, 0.717) is 37.0 Å². The van der Waals surface area contributed by atoms with E-state index in [4.69, 9.17) is 11.6 Å². The number of nitrogens with zero attached hydrogens (tertiary/aromatic N) is 3. The molecule has 1 amide bonds. The van der Waals surface area contributed by atoms with Gasteiger partial charge < -0.3 is 9.47 Å². The molecule has 0 unspecified atom stereocenters. The Morgan fingerprint density at radius 1 is 1.13 bits per heavy atom. The molecule has 1 aliphatic heterocycles. The van der Waals surface area contributed by atoms with Gasteiger partial charge in [-0.15, -0.1) is 0 Å². The fourth-order valence-corrected chi connectivity index (χ4v) is 4.13. The third kappa shape index (κ3) is 4.01. The van der Waals surface area contributed by atoms with E-state index < -0.39 is 17.8 Å². The van der Waals surface area contributed by atoms with E-state index in [-0.39, 0.29) is 29.0 Å². The minimum Gasteiger partial charge on any atom is -0.339 e. The molecule has 0 saturated carbocycles. The average molecular weight is 440 g/mol. The summed E-state index contributed by atoms with van der Waals surface area (Å²) in [7, 11) is 0. The van der Waals surface area contributed by atoms with Gasteiger partial charge in [-0.3, -0.25) is 4.79 Å². The van der Waals surface area contributed by atoms with Gasteiger partial charge in [0.05, 0.1) is 21.6 Å². The van der Waals surface area contributed by atoms with E-state index in [9.17, 15) is 22.4 Å². The first-order valence-corrected chi connectivity index (χ1v) is 9.88. The van der Waals surface area contributed by atoms with E-state index in [1.165, 1.54) is 16.7 Å². The van der Waals surface area contributed by atoms with Crippen LogP contribution in [0.15, 0.2) is 42.5 Å². The maximum absolute atomic E-state index is 13.5. The summed E-state index contributed by atoms with van der Waals surface area (Å²) >= 11 is 5.98. The van der Waals surface area contributed by atoms with Gasteiger partial charge in [-0.1, -0.05) is 23.7 Å². The van der Waals surface area contributed by atoms with Crippen molar-refractivity contribution >= 4 is 28.5 Å². The largest absolute Gasteiger partial charge is 0.449 e. The molecule has 2 heterocycles. The number of alkyl halides is 3. The van der Waals surface area contributed by atoms with Crippen LogP contribution in [0.4, 0.5) is 17.6 Å². The number of carbonyl (C=O) groups is 1. The normalized spacial score (nSPS) is 15.7. The van der Waals surface area contributed by atoms with Crippen LogP contribution in [0.2, 0.25) is 5.02 Å². The Balaban J connectivity index is 1.49. The molecule has 0 bridgehead atoms. The second-order valence-corrected chi connectivity index (χ2v) is 7.80. The van der Waals surface area contributed by atoms with E-state index in [2.05, 4.69) is 4.98 Å². The van der Waals surface area contributed by atoms with Crippen LogP contribution in [0.3, 0.4) is 0 Å². The first-order valence-electron chi connectivity index (χ1n) is 9.51. The lowest BCUT2D eigenvalue weighted by Crippen LogP contribution is -2.39. The Hall–Kier alpha value is -2.61. The number of aromatic nitrogens is 2. The molecule has 0 aliphatic carbocycles. The number of para-hydroxylation sites is 2. The SMILES string of the molecule is O=C(c1ccc(F)cc1Cl)N1CCC(Cn2c(C(F)(F)F)nc3ccccc32)CC1. The molecule has 0 spiro atoms. The van der Waals surface area contributed by atoms with Crippen molar-refractivity contribution in [1.29, 1.82) is 0 Å². The van der Waals surface area contributed by atoms with Crippen LogP contribution in [-0.4, -0.2) is 33.4 Å². The number of hydrogen-bond acceptors (Lipinski definition) is 2. The van der Waals surface area contributed by atoms with Gasteiger partial charge in [0, 0.05) is 19.6 Å². The summed E-state index contributed by atoms with van der Waals surface area (Å²) in [5.74, 6) is -1.76. The predicted molar refractivity (Wildman–Crippen MR) is 105 cm³/mol. The van der Waals surface area contributed by atoms with Crippen molar-refractivity contribution in [1.82, 2.24) is 14.5 Å². The Labute approximate surface area is 175 Å². The summed E-state index contributed by atoms with van der Waals surface area (Å²) in [6.07, 6.45) is -3.45. The number of hydrogen-bond donors (Lipinski definition) is 0. The van der Waals surface area contributed by atoms with E-state index >= 15 is 0 Å². The van der Waals surface area contributed by atoms with Crippen LogP contribution in [0.5, 0.6) is 0 Å². The van der Waals surface area contributed by atoms with Crippen LogP contribution in [0.25, 0.3) is 11.0 Å². The monoisotopic (exact) mass is 439 g/mol. The van der Waals surface area contributed by atoms with Crippen molar-refractivity contribution in [2.24, 2.45) is 5.92 Å². The molecule has 0 radical (unpaired) electrons. The van der Waals surface area contributed by atoms with Gasteiger partial charge in [0.15, 0.2) is 0 Å². The molecular formula is C21H18ClF4N3O. The van der Waals surface area contributed by atoms with Gasteiger partial charge in [0.2, 0.25) is 5.82 Å². The molecule has 1 saturated heterocycles. The zero-order chi connectivity index (χ0) is 21.5. The fourth-order valence-electron chi connectivity index (χ4n) is 3.89. The van der Waals surface area contributed by atoms with Crippen molar-refractivity contribution in [2.75, 3.05) is 13.1 Å². The number of fused-ring (bicyclic) bond motifs is 1. The molecule has 1 fully saturated rings. The number of piperidine rings is 1. The highest BCUT2D eigenvalue weighted by Crippen LogP contribution is 2.33. The minimum absolute atomic E-state index is 0.0311. The Bertz CT molecular complexity index is 1090. The summed E-state index contributed by atoms with van der Waals surface area (Å²) in [6.45, 7) is 0.963. The molecule has 0 atom stereocenters. The van der Waals surface area contributed by atoms with Crippen LogP contribution in [0.1, 0.15) is 29.0 Å². The first kappa shape index (κ1) is 20.7. The summed E-state index contributed by atoms with van der Waals surface area (Å²) in [5.41, 5.74) is 0.973. The number of imidazole rings is 1. The number of rotatable bonds is 3. The lowest BCUT2D eigenvalue weighted by atomic mass is 9.96. The molecule has 30 heavy (non-hydrogen) atoms. The summed E-state index contributed by atoms with van der Waals surface area (Å²) in [4.78, 5) is 18.1. The Kier molecular flexibility index (Phi) is 5.44. The van der Waals surface area contributed by atoms with Crippen molar-refractivity contribution < 1.29 is 22.4 Å². The van der Waals surface area contributed by atoms with Gasteiger partial charge in [-0.05, 0) is 49.1 Å². The topological polar surface area (TPSA) is 38.1 Å². The molecule has 158 valence electrons. The average Bonchev–Trinajstić information content (AvgIpc) is 3.07. The molecular weight excluding hydrogens is 422 g/mol. The zero-order valence-electron chi connectivity index (χ0n) is 15.8. The molecule has 0 N–H and O–H groups in total. The van der Waals surface area contributed by atoms with Crippen molar-refractivity contribution in [3.8, 4) is 0 Å². The molecule has 2 aromatic carbocycles. The molecule has 9 heteroatoms. The second-order valence-electron chi connectivity index (χ2n) is 7.39. The highest BCUT2D eigenvalue weighted by atomic mass is 35.5. The molecule has 3 aromatic rings. The van der Waals surface area contributed by atoms with E-state index in [1.54, 1.807) is 29.2 Å². The van der Waals surface area contributed by atoms with E-state index in [0.717, 1.165) is 6.07 Å². The first-order chi connectivity index (χ1) is 14.2. The standard InChI is InChI=1S/C21H18ClF4N3O/c22-16-11-14(23)5-6-15(16)19(30)28-9-7-13(8-10-28)12-29-18-4-2-1-3-17(18)27-20(29)21(24,25)26/h1-6,11,13H,7-10,12H2. The number of carbonyl (C=O) groups excluding carboxylic acids is 1. The fraction of sp³-hybridized carbons (Fsp3) is 0.333. The molecule has 4 nitrogen and oxygen atoms in total. The lowest BCUT2D eigenvalue weighted by Gasteiger charge is -2.32. The Morgan fingerprint density at radius 3 is 2.50 bits per heavy atom. The molecule has 1 aromatic heterocycles. The zero-order valence-corrected chi connectivity index (χ0v) is 16.5. The van der Waals surface area contributed by atoms with Gasteiger partial charge in [-0.2, -0.15) is 13.2 Å². The summed E-state index contributed by atoms with van der Waals surface area (Å²) in [5, 5.41) is 0.0434. The summed E-state index contributed by atoms with van der Waals surface area (Å²) < 4.78 is 54.9. The van der Waals surface area contributed by atoms with Crippen molar-refractivity contribution in [3.05, 3.63) is 64.7 Å². The third-order valence-electron chi connectivity index (χ3n) is 5.41. The van der Waals surface area contributed by atoms with Gasteiger partial charge in [-0.25, -0.2) is 9.37 Å². The quantitative estimate of drug-likeness (QED) is 0.512. The summed E-state index contributed by atoms with van der Waals surface area (Å²) in [6, 6.07) is 10.2. The Morgan fingerprint density at radius 2 is 1.83 bits per heavy atom. The van der Waals surface area contributed by atoms with Crippen LogP contribution < -0.4 is 0 Å². The highest BCUT2D eigenvalue weighted by Gasteiger charge is 2.38. The second kappa shape index (κ2) is 7.91. The minimum atomic E-state index is -4.55. The number of halogens is 5. The van der Waals surface area contributed by atoms with Crippen LogP contribution in [-0.2, 0) is 12.7 Å². The predicted octanol–water partition coefficient (Wildman–Crippen LogP) is 5.40. The molecule has 4 rings (SSSR count). The van der Waals surface area contributed by atoms with E-state index in [1.807, 2.05) is 0 Å².